The van der Waals surface area contributed by atoms with Crippen molar-refractivity contribution in [2.45, 2.75) is 24.6 Å². The van der Waals surface area contributed by atoms with E-state index in [0.29, 0.717) is 12.6 Å². The summed E-state index contributed by atoms with van der Waals surface area (Å²) < 4.78 is 46.3. The van der Waals surface area contributed by atoms with Gasteiger partial charge in [-0.3, -0.25) is 0 Å². The van der Waals surface area contributed by atoms with Crippen molar-refractivity contribution in [1.82, 2.24) is 10.0 Å². The van der Waals surface area contributed by atoms with E-state index in [2.05, 4.69) is 5.32 Å². The van der Waals surface area contributed by atoms with Crippen LogP contribution in [0.5, 0.6) is 0 Å². The van der Waals surface area contributed by atoms with Gasteiger partial charge in [0.25, 0.3) is 10.0 Å². The second-order valence-corrected chi connectivity index (χ2v) is 4.66. The van der Waals surface area contributed by atoms with Gasteiger partial charge in [0.1, 0.15) is 0 Å². The van der Waals surface area contributed by atoms with Gasteiger partial charge in [-0.2, -0.15) is 8.78 Å². The summed E-state index contributed by atoms with van der Waals surface area (Å²) >= 11 is 0. The van der Waals surface area contributed by atoms with Crippen LogP contribution in [0.25, 0.3) is 0 Å². The predicted octanol–water partition coefficient (Wildman–Crippen LogP) is -0.120. The highest BCUT2D eigenvalue weighted by Gasteiger charge is 2.23. The van der Waals surface area contributed by atoms with E-state index in [4.69, 9.17) is 0 Å². The molecular formula is C6H12F2N2O2S. The summed E-state index contributed by atoms with van der Waals surface area (Å²) in [5, 5.41) is 3.00. The molecule has 7 heteroatoms. The lowest BCUT2D eigenvalue weighted by atomic mass is 10.6. The van der Waals surface area contributed by atoms with Crippen molar-refractivity contribution in [1.29, 1.82) is 0 Å². The zero-order valence-corrected chi connectivity index (χ0v) is 7.78. The highest BCUT2D eigenvalue weighted by Crippen LogP contribution is 2.17. The molecule has 4 nitrogen and oxygen atoms in total. The molecule has 0 aromatic heterocycles. The number of sulfonamides is 1. The molecule has 13 heavy (non-hydrogen) atoms. The monoisotopic (exact) mass is 214 g/mol. The maximum atomic E-state index is 11.7. The Morgan fingerprint density at radius 3 is 2.38 bits per heavy atom. The number of hydrogen-bond donors (Lipinski definition) is 2. The third-order valence-corrected chi connectivity index (χ3v) is 2.75. The first-order chi connectivity index (χ1) is 6.02. The van der Waals surface area contributed by atoms with Gasteiger partial charge in [0.05, 0.1) is 0 Å². The molecule has 1 aliphatic rings. The molecule has 2 N–H and O–H groups in total. The SMILES string of the molecule is O=S(=O)(NCCNC1CC1)C(F)F. The maximum Gasteiger partial charge on any atom is 0.350 e. The molecule has 0 atom stereocenters. The molecule has 0 aromatic rings. The standard InChI is InChI=1S/C6H12F2N2O2S/c7-6(8)13(11,12)10-4-3-9-5-1-2-5/h5-6,9-10H,1-4H2. The van der Waals surface area contributed by atoms with E-state index < -0.39 is 15.8 Å². The van der Waals surface area contributed by atoms with Crippen molar-refractivity contribution in [3.63, 3.8) is 0 Å². The van der Waals surface area contributed by atoms with E-state index in [0.717, 1.165) is 12.8 Å². The minimum atomic E-state index is -4.40. The Bertz CT molecular complexity index is 251. The van der Waals surface area contributed by atoms with Crippen LogP contribution in [-0.4, -0.2) is 33.3 Å². The molecule has 0 aliphatic heterocycles. The maximum absolute atomic E-state index is 11.7. The van der Waals surface area contributed by atoms with Crippen LogP contribution in [0, 0.1) is 0 Å². The Labute approximate surface area is 75.7 Å². The topological polar surface area (TPSA) is 58.2 Å². The Morgan fingerprint density at radius 2 is 1.92 bits per heavy atom. The lowest BCUT2D eigenvalue weighted by Gasteiger charge is -2.05. The molecule has 78 valence electrons. The minimum Gasteiger partial charge on any atom is -0.313 e. The van der Waals surface area contributed by atoms with Gasteiger partial charge in [-0.1, -0.05) is 0 Å². The molecule has 0 bridgehead atoms. The van der Waals surface area contributed by atoms with Gasteiger partial charge in [0.2, 0.25) is 0 Å². The van der Waals surface area contributed by atoms with Crippen LogP contribution in [0.4, 0.5) is 8.78 Å². The molecular weight excluding hydrogens is 202 g/mol. The minimum absolute atomic E-state index is 0.0170. The molecule has 0 saturated heterocycles. The summed E-state index contributed by atoms with van der Waals surface area (Å²) in [6.07, 6.45) is 2.17. The fourth-order valence-corrected chi connectivity index (χ4v) is 1.33. The molecule has 1 saturated carbocycles. The first-order valence-corrected chi connectivity index (χ1v) is 5.57. The van der Waals surface area contributed by atoms with E-state index in [-0.39, 0.29) is 6.54 Å². The van der Waals surface area contributed by atoms with Crippen LogP contribution in [0.15, 0.2) is 0 Å². The number of alkyl halides is 2. The van der Waals surface area contributed by atoms with Crippen molar-refractivity contribution in [3.05, 3.63) is 0 Å². The van der Waals surface area contributed by atoms with Crippen LogP contribution in [0.1, 0.15) is 12.8 Å². The lowest BCUT2D eigenvalue weighted by Crippen LogP contribution is -2.35. The third-order valence-electron chi connectivity index (χ3n) is 1.67. The molecule has 0 radical (unpaired) electrons. The van der Waals surface area contributed by atoms with Gasteiger partial charge in [0, 0.05) is 19.1 Å². The van der Waals surface area contributed by atoms with E-state index in [1.54, 1.807) is 4.72 Å². The van der Waals surface area contributed by atoms with Crippen molar-refractivity contribution >= 4 is 10.0 Å². The number of rotatable bonds is 6. The van der Waals surface area contributed by atoms with Gasteiger partial charge in [-0.25, -0.2) is 13.1 Å². The summed E-state index contributed by atoms with van der Waals surface area (Å²) in [4.78, 5) is 0. The van der Waals surface area contributed by atoms with Gasteiger partial charge in [0.15, 0.2) is 0 Å². The summed E-state index contributed by atoms with van der Waals surface area (Å²) in [5.41, 5.74) is 0. The molecule has 1 fully saturated rings. The largest absolute Gasteiger partial charge is 0.350 e. The van der Waals surface area contributed by atoms with Crippen LogP contribution >= 0.6 is 0 Å². The summed E-state index contributed by atoms with van der Waals surface area (Å²) in [5.74, 6) is -3.34. The van der Waals surface area contributed by atoms with Crippen LogP contribution in [-0.2, 0) is 10.0 Å². The Kier molecular flexibility index (Phi) is 3.57. The first-order valence-electron chi connectivity index (χ1n) is 4.02. The fraction of sp³-hybridized carbons (Fsp3) is 1.00. The van der Waals surface area contributed by atoms with Crippen molar-refractivity contribution in [2.75, 3.05) is 13.1 Å². The van der Waals surface area contributed by atoms with Crippen molar-refractivity contribution < 1.29 is 17.2 Å². The van der Waals surface area contributed by atoms with Crippen LogP contribution < -0.4 is 10.0 Å². The van der Waals surface area contributed by atoms with Crippen molar-refractivity contribution in [3.8, 4) is 0 Å². The van der Waals surface area contributed by atoms with E-state index in [9.17, 15) is 17.2 Å². The van der Waals surface area contributed by atoms with E-state index >= 15 is 0 Å². The highest BCUT2D eigenvalue weighted by molar-refractivity contribution is 7.89. The average molecular weight is 214 g/mol. The smallest absolute Gasteiger partial charge is 0.313 e. The second kappa shape index (κ2) is 4.30. The molecule has 0 amide bonds. The Balaban J connectivity index is 2.09. The summed E-state index contributed by atoms with van der Waals surface area (Å²) in [7, 11) is -4.40. The predicted molar refractivity (Wildman–Crippen MR) is 44.0 cm³/mol. The fourth-order valence-electron chi connectivity index (χ4n) is 0.820. The number of nitrogens with one attached hydrogen (secondary N) is 2. The van der Waals surface area contributed by atoms with Gasteiger partial charge in [-0.15, -0.1) is 0 Å². The van der Waals surface area contributed by atoms with Gasteiger partial charge >= 0.3 is 5.76 Å². The zero-order valence-electron chi connectivity index (χ0n) is 6.96. The molecule has 1 rings (SSSR count). The van der Waals surface area contributed by atoms with Crippen molar-refractivity contribution in [2.24, 2.45) is 0 Å². The van der Waals surface area contributed by atoms with E-state index in [1.165, 1.54) is 0 Å². The third kappa shape index (κ3) is 3.97. The molecule has 0 spiro atoms. The molecule has 1 aliphatic carbocycles. The average Bonchev–Trinajstić information content (AvgIpc) is 2.81. The highest BCUT2D eigenvalue weighted by atomic mass is 32.2. The number of hydrogen-bond acceptors (Lipinski definition) is 3. The molecule has 0 heterocycles. The quantitative estimate of drug-likeness (QED) is 0.606. The first kappa shape index (κ1) is 10.8. The normalized spacial score (nSPS) is 18.1. The Hall–Kier alpha value is -0.270. The Morgan fingerprint density at radius 1 is 1.31 bits per heavy atom. The van der Waals surface area contributed by atoms with Crippen LogP contribution in [0.2, 0.25) is 0 Å². The molecule has 0 unspecified atom stereocenters. The second-order valence-electron chi connectivity index (χ2n) is 2.93. The van der Waals surface area contributed by atoms with Gasteiger partial charge in [-0.05, 0) is 12.8 Å². The summed E-state index contributed by atoms with van der Waals surface area (Å²) in [6, 6.07) is 0.455. The van der Waals surface area contributed by atoms with E-state index in [1.807, 2.05) is 0 Å². The van der Waals surface area contributed by atoms with Crippen LogP contribution in [0.3, 0.4) is 0 Å². The lowest BCUT2D eigenvalue weighted by molar-refractivity contribution is 0.232. The number of halogens is 2. The zero-order chi connectivity index (χ0) is 9.90. The summed E-state index contributed by atoms with van der Waals surface area (Å²) in [6.45, 7) is 0.416. The molecule has 0 aromatic carbocycles. The van der Waals surface area contributed by atoms with Gasteiger partial charge < -0.3 is 5.32 Å².